The Morgan fingerprint density at radius 2 is 1.86 bits per heavy atom. The Bertz CT molecular complexity index is 1360. The number of fused-ring (bicyclic) bond motifs is 2. The van der Waals surface area contributed by atoms with Crippen LogP contribution in [0.15, 0.2) is 53.1 Å². The van der Waals surface area contributed by atoms with E-state index in [2.05, 4.69) is 29.0 Å². The van der Waals surface area contributed by atoms with Crippen LogP contribution >= 0.6 is 0 Å². The second-order valence-corrected chi connectivity index (χ2v) is 8.90. The lowest BCUT2D eigenvalue weighted by molar-refractivity contribution is 0.0951. The summed E-state index contributed by atoms with van der Waals surface area (Å²) in [5.41, 5.74) is 2.03. The average Bonchev–Trinajstić information content (AvgIpc) is 3.61. The normalized spacial score (nSPS) is 13.5. The van der Waals surface area contributed by atoms with Crippen LogP contribution in [0.4, 0.5) is 0 Å². The summed E-state index contributed by atoms with van der Waals surface area (Å²) in [7, 11) is 0. The summed E-state index contributed by atoms with van der Waals surface area (Å²) >= 11 is 0. The molecule has 0 bridgehead atoms. The molecule has 35 heavy (non-hydrogen) atoms. The van der Waals surface area contributed by atoms with Crippen molar-refractivity contribution >= 4 is 27.8 Å². The quantitative estimate of drug-likeness (QED) is 0.319. The molecule has 1 amide bonds. The Balaban J connectivity index is 1.34. The molecule has 182 valence electrons. The maximum Gasteiger partial charge on any atom is 0.255 e. The van der Waals surface area contributed by atoms with E-state index in [1.807, 2.05) is 49.4 Å². The van der Waals surface area contributed by atoms with Gasteiger partial charge in [0.1, 0.15) is 35.2 Å². The second kappa shape index (κ2) is 9.96. The molecule has 0 aliphatic heterocycles. The molecule has 2 aromatic heterocycles. The van der Waals surface area contributed by atoms with Gasteiger partial charge in [-0.3, -0.25) is 9.78 Å². The molecule has 4 aromatic rings. The number of benzene rings is 2. The first-order valence-electron chi connectivity index (χ1n) is 12.3. The number of ether oxygens (including phenoxy) is 2. The highest BCUT2D eigenvalue weighted by molar-refractivity contribution is 6.07. The van der Waals surface area contributed by atoms with Crippen LogP contribution in [0.25, 0.3) is 21.9 Å². The Kier molecular flexibility index (Phi) is 6.59. The predicted molar refractivity (Wildman–Crippen MR) is 137 cm³/mol. The van der Waals surface area contributed by atoms with Crippen molar-refractivity contribution in [1.29, 1.82) is 0 Å². The van der Waals surface area contributed by atoms with Crippen LogP contribution in [-0.2, 0) is 0 Å². The number of nitrogens with one attached hydrogen (secondary N) is 1. The number of carbonyl (C=O) groups excluding carboxylic acids is 1. The lowest BCUT2D eigenvalue weighted by atomic mass is 10.1. The smallest absolute Gasteiger partial charge is 0.255 e. The van der Waals surface area contributed by atoms with E-state index in [1.54, 1.807) is 6.20 Å². The summed E-state index contributed by atoms with van der Waals surface area (Å²) < 4.78 is 18.1. The Labute approximate surface area is 205 Å². The second-order valence-electron chi connectivity index (χ2n) is 8.90. The van der Waals surface area contributed by atoms with Gasteiger partial charge in [0.25, 0.3) is 5.91 Å². The number of furan rings is 1. The van der Waals surface area contributed by atoms with Crippen molar-refractivity contribution in [2.75, 3.05) is 26.2 Å². The number of likely N-dealkylation sites (N-methyl/N-ethyl adjacent to an activating group) is 1. The fraction of sp³-hybridized carbons (Fsp3) is 0.357. The van der Waals surface area contributed by atoms with E-state index >= 15 is 0 Å². The molecule has 5 rings (SSSR count). The number of hydrogen-bond donors (Lipinski definition) is 1. The van der Waals surface area contributed by atoms with Gasteiger partial charge in [-0.1, -0.05) is 13.8 Å². The fourth-order valence-electron chi connectivity index (χ4n) is 4.27. The number of hydrogen-bond acceptors (Lipinski definition) is 6. The molecule has 7 nitrogen and oxygen atoms in total. The molecule has 1 N–H and O–H groups in total. The molecule has 1 aliphatic carbocycles. The first-order chi connectivity index (χ1) is 17.1. The number of aryl methyl sites for hydroxylation is 1. The Hall–Kier alpha value is -3.58. The van der Waals surface area contributed by atoms with Gasteiger partial charge in [0.05, 0.1) is 11.1 Å². The Morgan fingerprint density at radius 3 is 2.63 bits per heavy atom. The van der Waals surface area contributed by atoms with Crippen molar-refractivity contribution in [2.24, 2.45) is 0 Å². The monoisotopic (exact) mass is 473 g/mol. The molecule has 7 heteroatoms. The van der Waals surface area contributed by atoms with Gasteiger partial charge in [-0.25, -0.2) is 0 Å². The zero-order valence-corrected chi connectivity index (χ0v) is 20.5. The maximum atomic E-state index is 12.6. The molecule has 1 aliphatic rings. The van der Waals surface area contributed by atoms with Crippen molar-refractivity contribution in [1.82, 2.24) is 15.2 Å². The van der Waals surface area contributed by atoms with Crippen molar-refractivity contribution in [3.8, 4) is 17.2 Å². The summed E-state index contributed by atoms with van der Waals surface area (Å²) in [6.07, 6.45) is 3.82. The number of pyridine rings is 1. The fourth-order valence-corrected chi connectivity index (χ4v) is 4.27. The van der Waals surface area contributed by atoms with Crippen LogP contribution in [0, 0.1) is 6.92 Å². The summed E-state index contributed by atoms with van der Waals surface area (Å²) in [5, 5.41) is 4.73. The van der Waals surface area contributed by atoms with Crippen molar-refractivity contribution in [3.05, 3.63) is 60.0 Å². The van der Waals surface area contributed by atoms with Crippen molar-refractivity contribution in [3.63, 3.8) is 0 Å². The molecule has 1 saturated carbocycles. The largest absolute Gasteiger partial charge is 0.492 e. The standard InChI is InChI=1S/C28H31N3O4/c1-4-31(5-2)14-15-33-20-8-10-22-24(16-20)29-13-12-25(22)35-21-9-11-23-26(17-21)34-18(3)27(23)28(32)30-19-6-7-19/h8-13,16-17,19H,4-7,14-15H2,1-3H3,(H,30,32). The number of nitrogens with zero attached hydrogens (tertiary/aromatic N) is 2. The minimum absolute atomic E-state index is 0.0762. The highest BCUT2D eigenvalue weighted by atomic mass is 16.5. The maximum absolute atomic E-state index is 12.6. The van der Waals surface area contributed by atoms with Gasteiger partial charge < -0.3 is 24.1 Å². The van der Waals surface area contributed by atoms with E-state index in [0.717, 1.165) is 54.5 Å². The van der Waals surface area contributed by atoms with Gasteiger partial charge in [-0.05, 0) is 63.2 Å². The third-order valence-electron chi connectivity index (χ3n) is 6.45. The van der Waals surface area contributed by atoms with Gasteiger partial charge >= 0.3 is 0 Å². The van der Waals surface area contributed by atoms with E-state index in [9.17, 15) is 4.79 Å². The summed E-state index contributed by atoms with van der Waals surface area (Å²) in [5.74, 6) is 2.65. The Morgan fingerprint density at radius 1 is 1.09 bits per heavy atom. The van der Waals surface area contributed by atoms with Crippen molar-refractivity contribution < 1.29 is 18.7 Å². The van der Waals surface area contributed by atoms with E-state index < -0.39 is 0 Å². The molecule has 0 radical (unpaired) electrons. The molecule has 2 heterocycles. The molecule has 0 spiro atoms. The zero-order chi connectivity index (χ0) is 24.4. The third kappa shape index (κ3) is 5.10. The van der Waals surface area contributed by atoms with Gasteiger partial charge in [0.15, 0.2) is 0 Å². The number of aromatic nitrogens is 1. The summed E-state index contributed by atoms with van der Waals surface area (Å²) in [4.78, 5) is 19.5. The highest BCUT2D eigenvalue weighted by Gasteiger charge is 2.27. The van der Waals surface area contributed by atoms with E-state index in [-0.39, 0.29) is 5.91 Å². The molecule has 1 fully saturated rings. The third-order valence-corrected chi connectivity index (χ3v) is 6.45. The summed E-state index contributed by atoms with van der Waals surface area (Å²) in [6.45, 7) is 9.67. The zero-order valence-electron chi connectivity index (χ0n) is 20.5. The first-order valence-corrected chi connectivity index (χ1v) is 12.3. The predicted octanol–water partition coefficient (Wildman–Crippen LogP) is 5.69. The van der Waals surface area contributed by atoms with Crippen LogP contribution in [-0.4, -0.2) is 48.1 Å². The molecule has 0 atom stereocenters. The number of rotatable bonds is 10. The van der Waals surface area contributed by atoms with Crippen LogP contribution in [0.2, 0.25) is 0 Å². The van der Waals surface area contributed by atoms with Crippen LogP contribution in [0.1, 0.15) is 42.8 Å². The van der Waals surface area contributed by atoms with Crippen LogP contribution in [0.5, 0.6) is 17.2 Å². The first kappa shape index (κ1) is 23.2. The van der Waals surface area contributed by atoms with Crippen LogP contribution < -0.4 is 14.8 Å². The van der Waals surface area contributed by atoms with Gasteiger partial charge in [-0.2, -0.15) is 0 Å². The molecule has 0 saturated heterocycles. The highest BCUT2D eigenvalue weighted by Crippen LogP contribution is 2.34. The number of amides is 1. The van der Waals surface area contributed by atoms with E-state index in [1.165, 1.54) is 0 Å². The van der Waals surface area contributed by atoms with Gasteiger partial charge in [-0.15, -0.1) is 0 Å². The molecular formula is C28H31N3O4. The number of carbonyl (C=O) groups is 1. The minimum atomic E-state index is -0.0762. The van der Waals surface area contributed by atoms with E-state index in [4.69, 9.17) is 13.9 Å². The molecule has 2 aromatic carbocycles. The lowest BCUT2D eigenvalue weighted by Crippen LogP contribution is -2.27. The van der Waals surface area contributed by atoms with E-state index in [0.29, 0.717) is 41.1 Å². The molecular weight excluding hydrogens is 442 g/mol. The topological polar surface area (TPSA) is 76.8 Å². The van der Waals surface area contributed by atoms with Crippen molar-refractivity contribution in [2.45, 2.75) is 39.7 Å². The summed E-state index contributed by atoms with van der Waals surface area (Å²) in [6, 6.07) is 13.6. The SMILES string of the molecule is CCN(CC)CCOc1ccc2c(Oc3ccc4c(C(=O)NC5CC5)c(C)oc4c3)ccnc2c1. The van der Waals surface area contributed by atoms with Gasteiger partial charge in [0.2, 0.25) is 0 Å². The molecule has 0 unspecified atom stereocenters. The lowest BCUT2D eigenvalue weighted by Gasteiger charge is -2.18. The minimum Gasteiger partial charge on any atom is -0.492 e. The average molecular weight is 474 g/mol. The van der Waals surface area contributed by atoms with Crippen LogP contribution in [0.3, 0.4) is 0 Å². The van der Waals surface area contributed by atoms with Gasteiger partial charge in [0, 0.05) is 41.7 Å².